The van der Waals surface area contributed by atoms with Gasteiger partial charge < -0.3 is 9.26 Å². The van der Waals surface area contributed by atoms with Gasteiger partial charge in [0.25, 0.3) is 0 Å². The number of benzene rings is 4. The lowest BCUT2D eigenvalue weighted by Gasteiger charge is -2.36. The van der Waals surface area contributed by atoms with Gasteiger partial charge in [0.2, 0.25) is 0 Å². The van der Waals surface area contributed by atoms with Gasteiger partial charge in [-0.05, 0) is 69.4 Å². The fourth-order valence-electron chi connectivity index (χ4n) is 5.61. The van der Waals surface area contributed by atoms with Crippen LogP contribution in [0.15, 0.2) is 84.9 Å². The molecule has 0 heterocycles. The van der Waals surface area contributed by atoms with Crippen molar-refractivity contribution in [3.05, 3.63) is 124 Å². The molecule has 4 aromatic rings. The Morgan fingerprint density at radius 3 is 1.54 bits per heavy atom. The highest BCUT2D eigenvalue weighted by Gasteiger charge is 2.35. The highest BCUT2D eigenvalue weighted by Crippen LogP contribution is 2.48. The minimum atomic E-state index is -1.07. The summed E-state index contributed by atoms with van der Waals surface area (Å²) >= 11 is 1.98. The van der Waals surface area contributed by atoms with Crippen molar-refractivity contribution in [2.45, 2.75) is 78.4 Å². The van der Waals surface area contributed by atoms with Crippen LogP contribution in [0.5, 0.6) is 5.75 Å². The second-order valence-corrected chi connectivity index (χ2v) is 15.9. The lowest BCUT2D eigenvalue weighted by molar-refractivity contribution is 0.140. The van der Waals surface area contributed by atoms with Crippen LogP contribution in [0.1, 0.15) is 65.0 Å². The summed E-state index contributed by atoms with van der Waals surface area (Å²) in [4.78, 5) is 0. The smallest absolute Gasteiger partial charge is 0.125 e. The zero-order valence-corrected chi connectivity index (χ0v) is 27.8. The van der Waals surface area contributed by atoms with E-state index in [0.717, 1.165) is 16.9 Å². The molecular weight excluding hydrogens is 539 g/mol. The largest absolute Gasteiger partial charge is 0.490 e. The summed E-state index contributed by atoms with van der Waals surface area (Å²) in [6, 6.07) is 30.4. The second kappa shape index (κ2) is 13.6. The van der Waals surface area contributed by atoms with Gasteiger partial charge in [0.1, 0.15) is 18.5 Å². The maximum Gasteiger partial charge on any atom is 0.125 e. The zero-order valence-electron chi connectivity index (χ0n) is 26.1. The molecule has 0 aliphatic rings. The van der Waals surface area contributed by atoms with Crippen LogP contribution >= 0.6 is 19.9 Å². The average Bonchev–Trinajstić information content (AvgIpc) is 2.89. The van der Waals surface area contributed by atoms with E-state index in [4.69, 9.17) is 9.26 Å². The van der Waals surface area contributed by atoms with Gasteiger partial charge in [-0.15, -0.1) is 11.8 Å². The van der Waals surface area contributed by atoms with Gasteiger partial charge in [-0.1, -0.05) is 117 Å². The summed E-state index contributed by atoms with van der Waals surface area (Å²) in [5, 5.41) is 2.50. The van der Waals surface area contributed by atoms with Gasteiger partial charge in [0.15, 0.2) is 0 Å². The first kappa shape index (κ1) is 31.4. The maximum atomic E-state index is 7.37. The third-order valence-corrected chi connectivity index (χ3v) is 10.6. The minimum absolute atomic E-state index is 0.0218. The van der Waals surface area contributed by atoms with Crippen LogP contribution < -0.4 is 15.3 Å². The van der Waals surface area contributed by atoms with Crippen molar-refractivity contribution in [2.75, 3.05) is 6.61 Å². The van der Waals surface area contributed by atoms with Gasteiger partial charge in [-0.25, -0.2) is 0 Å². The summed E-state index contributed by atoms with van der Waals surface area (Å²) in [5.41, 5.74) is 8.85. The van der Waals surface area contributed by atoms with Gasteiger partial charge in [-0.2, -0.15) is 0 Å². The van der Waals surface area contributed by atoms with E-state index in [2.05, 4.69) is 147 Å². The van der Waals surface area contributed by atoms with Crippen molar-refractivity contribution < 1.29 is 9.26 Å². The standard InChI is InChI=1S/C37H45O2PS/c1-25-20-27(3)34(28(4)21-25)36(41-37(7,8)9)33(24-38-35-29(5)22-26(2)23-30(35)6)39-40(31-16-12-10-13-17-31)32-18-14-11-15-19-32/h10-23,33,36H,24H2,1-9H3/t33-,36+/m1/s1. The van der Waals surface area contributed by atoms with Crippen LogP contribution in [-0.2, 0) is 4.52 Å². The Balaban J connectivity index is 1.84. The molecule has 0 spiro atoms. The number of aryl methyl sites for hydroxylation is 6. The van der Waals surface area contributed by atoms with Crippen LogP contribution in [0.4, 0.5) is 0 Å². The summed E-state index contributed by atoms with van der Waals surface area (Å²) in [5.74, 6) is 0.963. The van der Waals surface area contributed by atoms with E-state index in [9.17, 15) is 0 Å². The zero-order chi connectivity index (χ0) is 29.7. The number of hydrogen-bond donors (Lipinski definition) is 0. The Morgan fingerprint density at radius 2 is 1.10 bits per heavy atom. The summed E-state index contributed by atoms with van der Waals surface area (Å²) in [6.07, 6.45) is -0.189. The van der Waals surface area contributed by atoms with E-state index in [1.165, 1.54) is 38.4 Å². The van der Waals surface area contributed by atoms with Crippen molar-refractivity contribution in [2.24, 2.45) is 0 Å². The predicted octanol–water partition coefficient (Wildman–Crippen LogP) is 9.62. The molecule has 0 bridgehead atoms. The Morgan fingerprint density at radius 1 is 0.659 bits per heavy atom. The summed E-state index contributed by atoms with van der Waals surface area (Å²) in [6.45, 7) is 20.4. The molecule has 0 fully saturated rings. The molecule has 0 aliphatic heterocycles. The molecule has 0 saturated carbocycles. The number of ether oxygens (including phenoxy) is 1. The first-order valence-corrected chi connectivity index (χ1v) is 16.6. The Kier molecular flexibility index (Phi) is 10.4. The van der Waals surface area contributed by atoms with Gasteiger partial charge in [0.05, 0.1) is 13.4 Å². The highest BCUT2D eigenvalue weighted by atomic mass is 32.2. The molecule has 4 rings (SSSR count). The molecule has 0 unspecified atom stereocenters. The molecule has 0 radical (unpaired) electrons. The van der Waals surface area contributed by atoms with Crippen molar-refractivity contribution in [1.82, 2.24) is 0 Å². The lowest BCUT2D eigenvalue weighted by atomic mass is 9.95. The van der Waals surface area contributed by atoms with E-state index in [0.29, 0.717) is 6.61 Å². The van der Waals surface area contributed by atoms with E-state index >= 15 is 0 Å². The normalized spacial score (nSPS) is 13.3. The summed E-state index contributed by atoms with van der Waals surface area (Å²) < 4.78 is 14.1. The van der Waals surface area contributed by atoms with E-state index < -0.39 is 8.15 Å². The van der Waals surface area contributed by atoms with Gasteiger partial charge >= 0.3 is 0 Å². The molecule has 0 amide bonds. The first-order valence-electron chi connectivity index (χ1n) is 14.5. The van der Waals surface area contributed by atoms with Gasteiger partial charge in [0, 0.05) is 15.4 Å². The third-order valence-electron chi connectivity index (χ3n) is 7.06. The fraction of sp³-hybridized carbons (Fsp3) is 0.351. The van der Waals surface area contributed by atoms with E-state index in [-0.39, 0.29) is 16.1 Å². The van der Waals surface area contributed by atoms with Gasteiger partial charge in [-0.3, -0.25) is 0 Å². The van der Waals surface area contributed by atoms with Crippen LogP contribution in [-0.4, -0.2) is 17.5 Å². The molecular formula is C37H45O2PS. The maximum absolute atomic E-state index is 7.37. The topological polar surface area (TPSA) is 18.5 Å². The molecule has 41 heavy (non-hydrogen) atoms. The fourth-order valence-corrected chi connectivity index (χ4v) is 9.11. The Bertz CT molecular complexity index is 1360. The van der Waals surface area contributed by atoms with Crippen LogP contribution in [0, 0.1) is 41.5 Å². The Labute approximate surface area is 253 Å². The predicted molar refractivity (Wildman–Crippen MR) is 181 cm³/mol. The minimum Gasteiger partial charge on any atom is -0.490 e. The third kappa shape index (κ3) is 8.25. The van der Waals surface area contributed by atoms with Crippen LogP contribution in [0.3, 0.4) is 0 Å². The highest BCUT2D eigenvalue weighted by molar-refractivity contribution is 8.00. The molecule has 0 aromatic heterocycles. The SMILES string of the molecule is Cc1cc(C)c(OC[C@@H](OP(c2ccccc2)c2ccccc2)[C@H](SC(C)(C)C)c2c(C)cc(C)cc2C)c(C)c1. The molecule has 4 aromatic carbocycles. The quantitative estimate of drug-likeness (QED) is 0.173. The number of thioether (sulfide) groups is 1. The monoisotopic (exact) mass is 584 g/mol. The molecule has 216 valence electrons. The molecule has 0 saturated heterocycles. The molecule has 2 nitrogen and oxygen atoms in total. The van der Waals surface area contributed by atoms with Crippen LogP contribution in [0.25, 0.3) is 0 Å². The van der Waals surface area contributed by atoms with Crippen molar-refractivity contribution >= 4 is 30.5 Å². The number of hydrogen-bond acceptors (Lipinski definition) is 3. The molecule has 2 atom stereocenters. The van der Waals surface area contributed by atoms with E-state index in [1.807, 2.05) is 11.8 Å². The molecule has 0 N–H and O–H groups in total. The summed E-state index contributed by atoms with van der Waals surface area (Å²) in [7, 11) is -1.07. The second-order valence-electron chi connectivity index (χ2n) is 12.1. The molecule has 0 aliphatic carbocycles. The van der Waals surface area contributed by atoms with Crippen molar-refractivity contribution in [3.63, 3.8) is 0 Å². The van der Waals surface area contributed by atoms with Crippen LogP contribution in [0.2, 0.25) is 0 Å². The molecule has 4 heteroatoms. The first-order chi connectivity index (χ1) is 19.4. The number of rotatable bonds is 10. The Hall–Kier alpha value is -2.58. The average molecular weight is 585 g/mol. The lowest BCUT2D eigenvalue weighted by Crippen LogP contribution is -2.32. The van der Waals surface area contributed by atoms with Crippen molar-refractivity contribution in [3.8, 4) is 5.75 Å². The van der Waals surface area contributed by atoms with E-state index in [1.54, 1.807) is 0 Å². The van der Waals surface area contributed by atoms with Crippen molar-refractivity contribution in [1.29, 1.82) is 0 Å².